The summed E-state index contributed by atoms with van der Waals surface area (Å²) >= 11 is 0. The van der Waals surface area contributed by atoms with Gasteiger partial charge in [0.2, 0.25) is 10.0 Å². The summed E-state index contributed by atoms with van der Waals surface area (Å²) in [6.07, 6.45) is 0.636. The van der Waals surface area contributed by atoms with E-state index < -0.39 is 15.9 Å². The minimum Gasteiger partial charge on any atom is -0.495 e. The van der Waals surface area contributed by atoms with Crippen LogP contribution < -0.4 is 14.8 Å². The molecule has 6 nitrogen and oxygen atoms in total. The summed E-state index contributed by atoms with van der Waals surface area (Å²) in [5.74, 6) is -0.648. The number of ether oxygens (including phenoxy) is 1. The van der Waals surface area contributed by atoms with Gasteiger partial charge in [0.1, 0.15) is 16.5 Å². The molecule has 27 heavy (non-hydrogen) atoms. The molecule has 146 valence electrons. The fourth-order valence-corrected chi connectivity index (χ4v) is 3.78. The van der Waals surface area contributed by atoms with E-state index in [4.69, 9.17) is 4.74 Å². The summed E-state index contributed by atoms with van der Waals surface area (Å²) in [5.41, 5.74) is 0.914. The van der Waals surface area contributed by atoms with Crippen LogP contribution in [-0.2, 0) is 10.0 Å². The molecule has 0 spiro atoms. The Balaban J connectivity index is 2.26. The molecule has 0 aliphatic heterocycles. The van der Waals surface area contributed by atoms with Crippen LogP contribution in [0.4, 0.5) is 4.39 Å². The lowest BCUT2D eigenvalue weighted by molar-refractivity contribution is 0.0939. The average Bonchev–Trinajstić information content (AvgIpc) is 2.66. The van der Waals surface area contributed by atoms with Crippen LogP contribution in [0.15, 0.2) is 47.4 Å². The summed E-state index contributed by atoms with van der Waals surface area (Å²) in [7, 11) is -2.44. The zero-order valence-electron chi connectivity index (χ0n) is 15.5. The standard InChI is InChI=1S/C19H23FN2O4S/c1-4-11-21-27(24,25)18-12-15(7-10-17(18)26-3)19(23)22-13(2)14-5-8-16(20)9-6-14/h5-10,12-13,21H,4,11H2,1-3H3,(H,22,23)/t13-/m1/s1. The third-order valence-corrected chi connectivity index (χ3v) is 5.46. The Morgan fingerprint density at radius 3 is 2.44 bits per heavy atom. The van der Waals surface area contributed by atoms with Crippen molar-refractivity contribution in [2.24, 2.45) is 0 Å². The van der Waals surface area contributed by atoms with Crippen molar-refractivity contribution in [2.45, 2.75) is 31.2 Å². The molecule has 0 aromatic heterocycles. The maximum Gasteiger partial charge on any atom is 0.251 e. The number of nitrogens with one attached hydrogen (secondary N) is 2. The van der Waals surface area contributed by atoms with Gasteiger partial charge in [0.15, 0.2) is 0 Å². The minimum absolute atomic E-state index is 0.0967. The predicted molar refractivity (Wildman–Crippen MR) is 101 cm³/mol. The first-order valence-corrected chi connectivity index (χ1v) is 10.0. The Labute approximate surface area is 158 Å². The Morgan fingerprint density at radius 1 is 1.19 bits per heavy atom. The highest BCUT2D eigenvalue weighted by Gasteiger charge is 2.22. The number of rotatable bonds is 8. The number of amides is 1. The summed E-state index contributed by atoms with van der Waals surface area (Å²) < 4.78 is 45.5. The lowest BCUT2D eigenvalue weighted by Crippen LogP contribution is -2.28. The number of sulfonamides is 1. The lowest BCUT2D eigenvalue weighted by Gasteiger charge is -2.16. The Kier molecular flexibility index (Phi) is 6.92. The number of halogens is 1. The summed E-state index contributed by atoms with van der Waals surface area (Å²) in [6, 6.07) is 9.63. The van der Waals surface area contributed by atoms with Gasteiger partial charge in [0.05, 0.1) is 13.2 Å². The maximum absolute atomic E-state index is 13.0. The molecular formula is C19H23FN2O4S. The van der Waals surface area contributed by atoms with Gasteiger partial charge < -0.3 is 10.1 Å². The van der Waals surface area contributed by atoms with Crippen LogP contribution in [0.2, 0.25) is 0 Å². The van der Waals surface area contributed by atoms with Gasteiger partial charge >= 0.3 is 0 Å². The molecule has 1 amide bonds. The van der Waals surface area contributed by atoms with Gasteiger partial charge in [-0.15, -0.1) is 0 Å². The highest BCUT2D eigenvalue weighted by molar-refractivity contribution is 7.89. The van der Waals surface area contributed by atoms with Crippen LogP contribution in [0.3, 0.4) is 0 Å². The normalized spacial score (nSPS) is 12.4. The molecule has 2 rings (SSSR count). The van der Waals surface area contributed by atoms with Crippen molar-refractivity contribution in [1.29, 1.82) is 0 Å². The van der Waals surface area contributed by atoms with Gasteiger partial charge in [0.25, 0.3) is 5.91 Å². The third-order valence-electron chi connectivity index (χ3n) is 3.98. The largest absolute Gasteiger partial charge is 0.495 e. The fraction of sp³-hybridized carbons (Fsp3) is 0.316. The fourth-order valence-electron chi connectivity index (χ4n) is 2.46. The zero-order valence-corrected chi connectivity index (χ0v) is 16.3. The van der Waals surface area contributed by atoms with Gasteiger partial charge in [-0.3, -0.25) is 4.79 Å². The molecule has 0 bridgehead atoms. The quantitative estimate of drug-likeness (QED) is 0.721. The second-order valence-corrected chi connectivity index (χ2v) is 7.75. The number of carbonyl (C=O) groups is 1. The van der Waals surface area contributed by atoms with Crippen LogP contribution in [0.1, 0.15) is 42.2 Å². The molecule has 2 aromatic carbocycles. The van der Waals surface area contributed by atoms with Crippen molar-refractivity contribution in [1.82, 2.24) is 10.0 Å². The molecule has 0 radical (unpaired) electrons. The van der Waals surface area contributed by atoms with Crippen LogP contribution in [0.25, 0.3) is 0 Å². The summed E-state index contributed by atoms with van der Waals surface area (Å²) in [4.78, 5) is 12.5. The number of benzene rings is 2. The highest BCUT2D eigenvalue weighted by Crippen LogP contribution is 2.25. The molecule has 2 N–H and O–H groups in total. The zero-order chi connectivity index (χ0) is 20.0. The van der Waals surface area contributed by atoms with E-state index in [9.17, 15) is 17.6 Å². The third kappa shape index (κ3) is 5.27. The van der Waals surface area contributed by atoms with E-state index in [1.807, 2.05) is 6.92 Å². The monoisotopic (exact) mass is 394 g/mol. The van der Waals surface area contributed by atoms with E-state index >= 15 is 0 Å². The van der Waals surface area contributed by atoms with Gasteiger partial charge in [0, 0.05) is 12.1 Å². The van der Waals surface area contributed by atoms with Crippen molar-refractivity contribution in [3.63, 3.8) is 0 Å². The molecule has 0 fully saturated rings. The van der Waals surface area contributed by atoms with Crippen LogP contribution in [0, 0.1) is 5.82 Å². The maximum atomic E-state index is 13.0. The number of hydrogen-bond acceptors (Lipinski definition) is 4. The molecular weight excluding hydrogens is 371 g/mol. The topological polar surface area (TPSA) is 84.5 Å². The van der Waals surface area contributed by atoms with E-state index in [2.05, 4.69) is 10.0 Å². The number of methoxy groups -OCH3 is 1. The van der Waals surface area contributed by atoms with E-state index in [0.717, 1.165) is 5.56 Å². The van der Waals surface area contributed by atoms with Gasteiger partial charge in [-0.1, -0.05) is 19.1 Å². The van der Waals surface area contributed by atoms with Gasteiger partial charge in [-0.2, -0.15) is 0 Å². The van der Waals surface area contributed by atoms with Crippen molar-refractivity contribution < 1.29 is 22.3 Å². The van der Waals surface area contributed by atoms with Crippen molar-refractivity contribution >= 4 is 15.9 Å². The summed E-state index contributed by atoms with van der Waals surface area (Å²) in [6.45, 7) is 3.89. The number of carbonyl (C=O) groups excluding carboxylic acids is 1. The van der Waals surface area contributed by atoms with Gasteiger partial charge in [-0.05, 0) is 49.2 Å². The van der Waals surface area contributed by atoms with E-state index in [1.54, 1.807) is 19.1 Å². The molecule has 0 saturated carbocycles. The SMILES string of the molecule is CCCNS(=O)(=O)c1cc(C(=O)N[C@H](C)c2ccc(F)cc2)ccc1OC. The molecule has 8 heteroatoms. The smallest absolute Gasteiger partial charge is 0.251 e. The van der Waals surface area contributed by atoms with Crippen LogP contribution >= 0.6 is 0 Å². The van der Waals surface area contributed by atoms with E-state index in [0.29, 0.717) is 6.42 Å². The number of hydrogen-bond donors (Lipinski definition) is 2. The molecule has 0 aliphatic rings. The highest BCUT2D eigenvalue weighted by atomic mass is 32.2. The van der Waals surface area contributed by atoms with Crippen molar-refractivity contribution in [3.8, 4) is 5.75 Å². The van der Waals surface area contributed by atoms with E-state index in [1.165, 1.54) is 37.4 Å². The van der Waals surface area contributed by atoms with Crippen molar-refractivity contribution in [3.05, 3.63) is 59.4 Å². The first-order valence-electron chi connectivity index (χ1n) is 8.52. The predicted octanol–water partition coefficient (Wildman–Crippen LogP) is 3.01. The molecule has 0 aliphatic carbocycles. The van der Waals surface area contributed by atoms with Gasteiger partial charge in [-0.25, -0.2) is 17.5 Å². The Morgan fingerprint density at radius 2 is 1.85 bits per heavy atom. The Bertz CT molecular complexity index is 898. The molecule has 2 aromatic rings. The Hall–Kier alpha value is -2.45. The molecule has 0 heterocycles. The first-order chi connectivity index (χ1) is 12.8. The summed E-state index contributed by atoms with van der Waals surface area (Å²) in [5, 5.41) is 2.77. The van der Waals surface area contributed by atoms with Crippen LogP contribution in [-0.4, -0.2) is 28.0 Å². The van der Waals surface area contributed by atoms with Crippen molar-refractivity contribution in [2.75, 3.05) is 13.7 Å². The van der Waals surface area contributed by atoms with Crippen LogP contribution in [0.5, 0.6) is 5.75 Å². The molecule has 0 unspecified atom stereocenters. The molecule has 0 saturated heterocycles. The average molecular weight is 394 g/mol. The molecule has 1 atom stereocenters. The second kappa shape index (κ2) is 8.96. The minimum atomic E-state index is -3.80. The first kappa shape index (κ1) is 20.9. The lowest BCUT2D eigenvalue weighted by atomic mass is 10.1. The van der Waals surface area contributed by atoms with E-state index in [-0.39, 0.29) is 34.6 Å². The second-order valence-electron chi connectivity index (χ2n) is 6.01.